The van der Waals surface area contributed by atoms with E-state index in [0.717, 1.165) is 17.7 Å². The molecule has 0 bridgehead atoms. The first-order chi connectivity index (χ1) is 19.4. The van der Waals surface area contributed by atoms with Gasteiger partial charge in [0.1, 0.15) is 12.6 Å². The Balaban J connectivity index is 2.09. The molecule has 41 heavy (non-hydrogen) atoms. The van der Waals surface area contributed by atoms with Crippen LogP contribution in [0.2, 0.25) is 0 Å². The predicted octanol–water partition coefficient (Wildman–Crippen LogP) is 5.54. The number of carbonyl (C=O) groups excluding carboxylic acids is 2. The molecule has 0 heterocycles. The molecule has 220 valence electrons. The van der Waals surface area contributed by atoms with Gasteiger partial charge in [0.2, 0.25) is 11.8 Å². The fourth-order valence-corrected chi connectivity index (χ4v) is 5.69. The summed E-state index contributed by atoms with van der Waals surface area (Å²) in [5, 5.41) is 2.79. The molecule has 1 N–H and O–H groups in total. The van der Waals surface area contributed by atoms with Crippen molar-refractivity contribution in [3.05, 3.63) is 95.6 Å². The van der Waals surface area contributed by atoms with Crippen molar-refractivity contribution in [2.45, 2.75) is 57.3 Å². The van der Waals surface area contributed by atoms with Gasteiger partial charge in [-0.2, -0.15) is 13.2 Å². The highest BCUT2D eigenvalue weighted by molar-refractivity contribution is 7.92. The standard InChI is InChI=1S/C30H34F3N3O4S/c1-4-18-34-29(38)27(5-2)35(20-23-16-14-22(3)15-17-23)28(37)21-36(41(39,40)26-12-7-6-8-13-26)25-11-9-10-24(19-25)30(31,32)33/h6-17,19,27H,4-5,18,20-21H2,1-3H3,(H,34,38). The van der Waals surface area contributed by atoms with Crippen LogP contribution in [0.1, 0.15) is 43.4 Å². The molecule has 0 aromatic heterocycles. The van der Waals surface area contributed by atoms with Crippen molar-refractivity contribution in [2.75, 3.05) is 17.4 Å². The van der Waals surface area contributed by atoms with Crippen LogP contribution >= 0.6 is 0 Å². The number of carbonyl (C=O) groups is 2. The van der Waals surface area contributed by atoms with E-state index in [-0.39, 0.29) is 23.5 Å². The number of halogens is 3. The molecule has 1 atom stereocenters. The first-order valence-corrected chi connectivity index (χ1v) is 14.7. The van der Waals surface area contributed by atoms with Gasteiger partial charge in [-0.25, -0.2) is 8.42 Å². The van der Waals surface area contributed by atoms with Crippen molar-refractivity contribution in [2.24, 2.45) is 0 Å². The van der Waals surface area contributed by atoms with Gasteiger partial charge in [0.15, 0.2) is 0 Å². The molecule has 0 spiro atoms. The summed E-state index contributed by atoms with van der Waals surface area (Å²) in [6.07, 6.45) is -3.82. The van der Waals surface area contributed by atoms with E-state index in [1.807, 2.05) is 26.0 Å². The maximum atomic E-state index is 14.0. The average Bonchev–Trinajstić information content (AvgIpc) is 2.95. The lowest BCUT2D eigenvalue weighted by Gasteiger charge is -2.33. The van der Waals surface area contributed by atoms with Crippen molar-refractivity contribution in [1.82, 2.24) is 10.2 Å². The smallest absolute Gasteiger partial charge is 0.354 e. The van der Waals surface area contributed by atoms with Crippen LogP contribution in [0.15, 0.2) is 83.8 Å². The van der Waals surface area contributed by atoms with Gasteiger partial charge in [0.25, 0.3) is 10.0 Å². The van der Waals surface area contributed by atoms with E-state index in [2.05, 4.69) is 5.32 Å². The van der Waals surface area contributed by atoms with Crippen LogP contribution in [-0.4, -0.2) is 44.3 Å². The van der Waals surface area contributed by atoms with Crippen molar-refractivity contribution in [3.8, 4) is 0 Å². The number of alkyl halides is 3. The summed E-state index contributed by atoms with van der Waals surface area (Å²) >= 11 is 0. The average molecular weight is 590 g/mol. The van der Waals surface area contributed by atoms with Crippen LogP contribution in [0.5, 0.6) is 0 Å². The first kappa shape index (κ1) is 31.7. The highest BCUT2D eigenvalue weighted by Crippen LogP contribution is 2.33. The Morgan fingerprint density at radius 2 is 1.59 bits per heavy atom. The van der Waals surface area contributed by atoms with Gasteiger partial charge in [-0.1, -0.05) is 67.9 Å². The van der Waals surface area contributed by atoms with E-state index in [4.69, 9.17) is 0 Å². The topological polar surface area (TPSA) is 86.8 Å². The maximum absolute atomic E-state index is 14.0. The van der Waals surface area contributed by atoms with E-state index >= 15 is 0 Å². The van der Waals surface area contributed by atoms with Crippen LogP contribution in [-0.2, 0) is 32.3 Å². The molecule has 0 radical (unpaired) electrons. The second kappa shape index (κ2) is 13.7. The Morgan fingerprint density at radius 3 is 2.17 bits per heavy atom. The monoisotopic (exact) mass is 589 g/mol. The molecule has 0 saturated heterocycles. The van der Waals surface area contributed by atoms with Crippen LogP contribution in [0, 0.1) is 6.92 Å². The molecule has 11 heteroatoms. The third kappa shape index (κ3) is 8.09. The highest BCUT2D eigenvalue weighted by atomic mass is 32.2. The number of amides is 2. The number of nitrogens with one attached hydrogen (secondary N) is 1. The molecular weight excluding hydrogens is 555 g/mol. The minimum absolute atomic E-state index is 0.00101. The summed E-state index contributed by atoms with van der Waals surface area (Å²) in [6.45, 7) is 5.09. The summed E-state index contributed by atoms with van der Waals surface area (Å²) in [5.41, 5.74) is 0.319. The number of aryl methyl sites for hydroxylation is 1. The van der Waals surface area contributed by atoms with Gasteiger partial charge in [0, 0.05) is 13.1 Å². The minimum atomic E-state index is -4.73. The number of hydrogen-bond acceptors (Lipinski definition) is 4. The lowest BCUT2D eigenvalue weighted by atomic mass is 10.1. The third-order valence-corrected chi connectivity index (χ3v) is 8.27. The fraction of sp³-hybridized carbons (Fsp3) is 0.333. The number of anilines is 1. The molecule has 0 aliphatic carbocycles. The summed E-state index contributed by atoms with van der Waals surface area (Å²) in [5.74, 6) is -1.13. The molecule has 0 aliphatic rings. The van der Waals surface area contributed by atoms with Crippen LogP contribution in [0.25, 0.3) is 0 Å². The number of sulfonamides is 1. The van der Waals surface area contributed by atoms with Crippen molar-refractivity contribution in [3.63, 3.8) is 0 Å². The molecule has 2 amide bonds. The van der Waals surface area contributed by atoms with Gasteiger partial charge in [-0.05, 0) is 55.7 Å². The summed E-state index contributed by atoms with van der Waals surface area (Å²) < 4.78 is 68.9. The number of benzene rings is 3. The van der Waals surface area contributed by atoms with E-state index in [1.165, 1.54) is 35.2 Å². The SMILES string of the molecule is CCCNC(=O)C(CC)N(Cc1ccc(C)cc1)C(=O)CN(c1cccc(C(F)(F)F)c1)S(=O)(=O)c1ccccc1. The van der Waals surface area contributed by atoms with Crippen molar-refractivity contribution < 1.29 is 31.2 Å². The summed E-state index contributed by atoms with van der Waals surface area (Å²) in [6, 6.07) is 17.4. The molecule has 0 aliphatic heterocycles. The van der Waals surface area contributed by atoms with E-state index in [9.17, 15) is 31.2 Å². The number of hydrogen-bond donors (Lipinski definition) is 1. The molecule has 7 nitrogen and oxygen atoms in total. The number of rotatable bonds is 12. The Labute approximate surface area is 239 Å². The largest absolute Gasteiger partial charge is 0.416 e. The van der Waals surface area contributed by atoms with Gasteiger partial charge >= 0.3 is 6.18 Å². The van der Waals surface area contributed by atoms with Gasteiger partial charge in [-0.15, -0.1) is 0 Å². The van der Waals surface area contributed by atoms with Gasteiger partial charge in [-0.3, -0.25) is 13.9 Å². The zero-order valence-electron chi connectivity index (χ0n) is 23.2. The van der Waals surface area contributed by atoms with E-state index in [1.54, 1.807) is 25.1 Å². The minimum Gasteiger partial charge on any atom is -0.354 e. The van der Waals surface area contributed by atoms with Crippen LogP contribution < -0.4 is 9.62 Å². The fourth-order valence-electron chi connectivity index (χ4n) is 4.26. The molecule has 1 unspecified atom stereocenters. The zero-order valence-corrected chi connectivity index (χ0v) is 24.0. The molecule has 0 saturated carbocycles. The second-order valence-corrected chi connectivity index (χ2v) is 11.5. The van der Waals surface area contributed by atoms with E-state index in [0.29, 0.717) is 28.9 Å². The van der Waals surface area contributed by atoms with Crippen LogP contribution in [0.4, 0.5) is 18.9 Å². The maximum Gasteiger partial charge on any atom is 0.416 e. The van der Waals surface area contributed by atoms with Gasteiger partial charge in [0.05, 0.1) is 16.1 Å². The molecule has 3 rings (SSSR count). The van der Waals surface area contributed by atoms with Gasteiger partial charge < -0.3 is 10.2 Å². The highest BCUT2D eigenvalue weighted by Gasteiger charge is 2.35. The normalized spacial score (nSPS) is 12.4. The van der Waals surface area contributed by atoms with E-state index < -0.39 is 46.2 Å². The van der Waals surface area contributed by atoms with Crippen LogP contribution in [0.3, 0.4) is 0 Å². The Kier molecular flexibility index (Phi) is 10.6. The number of nitrogens with zero attached hydrogens (tertiary/aromatic N) is 2. The van der Waals surface area contributed by atoms with Crippen molar-refractivity contribution in [1.29, 1.82) is 0 Å². The lowest BCUT2D eigenvalue weighted by molar-refractivity contribution is -0.140. The Bertz CT molecular complexity index is 1430. The lowest BCUT2D eigenvalue weighted by Crippen LogP contribution is -2.52. The molecular formula is C30H34F3N3O4S. The first-order valence-electron chi connectivity index (χ1n) is 13.3. The molecule has 3 aromatic carbocycles. The summed E-state index contributed by atoms with van der Waals surface area (Å²) in [7, 11) is -4.47. The second-order valence-electron chi connectivity index (χ2n) is 9.60. The zero-order chi connectivity index (χ0) is 30.2. The Hall–Kier alpha value is -3.86. The predicted molar refractivity (Wildman–Crippen MR) is 152 cm³/mol. The summed E-state index contributed by atoms with van der Waals surface area (Å²) in [4.78, 5) is 28.1. The Morgan fingerprint density at radius 1 is 0.927 bits per heavy atom. The quantitative estimate of drug-likeness (QED) is 0.301. The van der Waals surface area contributed by atoms with Crippen molar-refractivity contribution >= 4 is 27.5 Å². The molecule has 0 fully saturated rings. The third-order valence-electron chi connectivity index (χ3n) is 6.48. The molecule has 3 aromatic rings.